The number of alkyl halides is 3. The quantitative estimate of drug-likeness (QED) is 0.619. The summed E-state index contributed by atoms with van der Waals surface area (Å²) in [5.74, 6) is 1.08. The summed E-state index contributed by atoms with van der Waals surface area (Å²) in [6, 6.07) is 11.0. The lowest BCUT2D eigenvalue weighted by molar-refractivity contribution is -0.137. The fourth-order valence-electron chi connectivity index (χ4n) is 3.62. The Morgan fingerprint density at radius 1 is 1.16 bits per heavy atom. The predicted octanol–water partition coefficient (Wildman–Crippen LogP) is 4.54. The molecule has 1 unspecified atom stereocenters. The Morgan fingerprint density at radius 3 is 2.53 bits per heavy atom. The van der Waals surface area contributed by atoms with Gasteiger partial charge in [-0.3, -0.25) is 4.79 Å². The third-order valence-electron chi connectivity index (χ3n) is 5.08. The normalized spacial score (nSPS) is 15.8. The number of halogens is 3. The van der Waals surface area contributed by atoms with Crippen molar-refractivity contribution in [1.82, 2.24) is 14.8 Å². The van der Waals surface area contributed by atoms with E-state index >= 15 is 0 Å². The topological polar surface area (TPSA) is 81.1 Å². The lowest BCUT2D eigenvalue weighted by Crippen LogP contribution is -2.31. The molecule has 7 nitrogen and oxygen atoms in total. The number of amides is 1. The summed E-state index contributed by atoms with van der Waals surface area (Å²) >= 11 is 0. The molecule has 1 atom stereocenters. The van der Waals surface area contributed by atoms with Crippen molar-refractivity contribution in [2.24, 2.45) is 0 Å². The van der Waals surface area contributed by atoms with E-state index in [0.29, 0.717) is 28.8 Å². The maximum absolute atomic E-state index is 13.3. The van der Waals surface area contributed by atoms with Gasteiger partial charge in [-0.25, -0.2) is 4.68 Å². The zero-order chi connectivity index (χ0) is 23.0. The van der Waals surface area contributed by atoms with Crippen molar-refractivity contribution < 1.29 is 22.7 Å². The minimum absolute atomic E-state index is 0.0409. The second kappa shape index (κ2) is 8.03. The van der Waals surface area contributed by atoms with Crippen LogP contribution in [0, 0.1) is 6.92 Å². The molecule has 1 amide bonds. The Hall–Kier alpha value is -3.82. The highest BCUT2D eigenvalue weighted by Gasteiger charge is 2.35. The summed E-state index contributed by atoms with van der Waals surface area (Å²) < 4.78 is 46.0. The lowest BCUT2D eigenvalue weighted by Gasteiger charge is -2.28. The molecular formula is C22H20F3N5O2. The van der Waals surface area contributed by atoms with Crippen molar-refractivity contribution >= 4 is 17.5 Å². The number of nitrogens with one attached hydrogen (secondary N) is 2. The number of aryl methyl sites for hydroxylation is 1. The van der Waals surface area contributed by atoms with Gasteiger partial charge in [-0.2, -0.15) is 23.3 Å². The summed E-state index contributed by atoms with van der Waals surface area (Å²) in [6.07, 6.45) is -4.51. The standard InChI is InChI=1S/C22H20F3N5O2/c1-12-18(20(31)28-16-6-4-5-15(11-16)22(23,24)25)19(14-7-9-17(32-3)10-8-14)30-21(26-12)27-13(2)29-30/h4-11,19H,1-3H3,(H,28,31)(H,26,27,29). The first-order valence-electron chi connectivity index (χ1n) is 9.71. The van der Waals surface area contributed by atoms with Crippen molar-refractivity contribution in [2.45, 2.75) is 26.1 Å². The maximum Gasteiger partial charge on any atom is 0.416 e. The molecule has 1 aliphatic rings. The predicted molar refractivity (Wildman–Crippen MR) is 112 cm³/mol. The number of ether oxygens (including phenoxy) is 1. The molecule has 0 aliphatic carbocycles. The Labute approximate surface area is 181 Å². The van der Waals surface area contributed by atoms with Gasteiger partial charge in [0, 0.05) is 11.4 Å². The number of hydrogen-bond donors (Lipinski definition) is 2. The maximum atomic E-state index is 13.3. The van der Waals surface area contributed by atoms with E-state index in [1.54, 1.807) is 49.9 Å². The molecule has 0 saturated carbocycles. The number of hydrogen-bond acceptors (Lipinski definition) is 5. The smallest absolute Gasteiger partial charge is 0.416 e. The number of carbonyl (C=O) groups excluding carboxylic acids is 1. The SMILES string of the molecule is COc1ccc(C2C(C(=O)Nc3cccc(C(F)(F)F)c3)=C(C)Nc3nc(C)nn32)cc1. The van der Waals surface area contributed by atoms with Crippen molar-refractivity contribution in [3.05, 3.63) is 76.8 Å². The fourth-order valence-corrected chi connectivity index (χ4v) is 3.62. The van der Waals surface area contributed by atoms with E-state index in [9.17, 15) is 18.0 Å². The Bertz CT molecular complexity index is 1200. The highest BCUT2D eigenvalue weighted by atomic mass is 19.4. The van der Waals surface area contributed by atoms with Crippen LogP contribution < -0.4 is 15.4 Å². The first-order valence-corrected chi connectivity index (χ1v) is 9.71. The van der Waals surface area contributed by atoms with E-state index in [1.807, 2.05) is 0 Å². The van der Waals surface area contributed by atoms with Gasteiger partial charge in [0.15, 0.2) is 0 Å². The van der Waals surface area contributed by atoms with Crippen LogP contribution in [0.2, 0.25) is 0 Å². The van der Waals surface area contributed by atoms with Crippen LogP contribution in [-0.4, -0.2) is 27.8 Å². The number of nitrogens with zero attached hydrogens (tertiary/aromatic N) is 3. The van der Waals surface area contributed by atoms with Crippen molar-refractivity contribution in [3.63, 3.8) is 0 Å². The average molecular weight is 443 g/mol. The van der Waals surface area contributed by atoms with Gasteiger partial charge in [-0.15, -0.1) is 0 Å². The summed E-state index contributed by atoms with van der Waals surface area (Å²) in [6.45, 7) is 3.45. The molecule has 1 aromatic heterocycles. The molecule has 2 heterocycles. The van der Waals surface area contributed by atoms with Crippen LogP contribution in [0.15, 0.2) is 59.8 Å². The highest BCUT2D eigenvalue weighted by molar-refractivity contribution is 6.06. The van der Waals surface area contributed by atoms with Crippen LogP contribution in [0.25, 0.3) is 0 Å². The van der Waals surface area contributed by atoms with Crippen LogP contribution >= 0.6 is 0 Å². The molecule has 32 heavy (non-hydrogen) atoms. The molecule has 0 fully saturated rings. The van der Waals surface area contributed by atoms with Crippen LogP contribution in [0.4, 0.5) is 24.8 Å². The number of benzene rings is 2. The minimum Gasteiger partial charge on any atom is -0.497 e. The summed E-state index contributed by atoms with van der Waals surface area (Å²) in [5, 5.41) is 10.1. The molecule has 2 N–H and O–H groups in total. The van der Waals surface area contributed by atoms with Gasteiger partial charge in [-0.1, -0.05) is 18.2 Å². The first kappa shape index (κ1) is 21.4. The third kappa shape index (κ3) is 4.03. The van der Waals surface area contributed by atoms with Crippen LogP contribution in [0.3, 0.4) is 0 Å². The van der Waals surface area contributed by atoms with Gasteiger partial charge in [-0.05, 0) is 49.7 Å². The molecule has 166 valence electrons. The fraction of sp³-hybridized carbons (Fsp3) is 0.227. The van der Waals surface area contributed by atoms with E-state index in [0.717, 1.165) is 17.7 Å². The van der Waals surface area contributed by atoms with Crippen molar-refractivity contribution in [1.29, 1.82) is 0 Å². The van der Waals surface area contributed by atoms with Gasteiger partial charge in [0.2, 0.25) is 5.95 Å². The Balaban J connectivity index is 1.74. The van der Waals surface area contributed by atoms with E-state index in [-0.39, 0.29) is 5.69 Å². The third-order valence-corrected chi connectivity index (χ3v) is 5.08. The van der Waals surface area contributed by atoms with Gasteiger partial charge in [0.1, 0.15) is 17.6 Å². The molecule has 4 rings (SSSR count). The molecule has 2 aromatic carbocycles. The van der Waals surface area contributed by atoms with Gasteiger partial charge < -0.3 is 15.4 Å². The molecular weight excluding hydrogens is 423 g/mol. The van der Waals surface area contributed by atoms with E-state index in [2.05, 4.69) is 20.7 Å². The minimum atomic E-state index is -4.51. The van der Waals surface area contributed by atoms with Gasteiger partial charge in [0.25, 0.3) is 5.91 Å². The molecule has 1 aliphatic heterocycles. The summed E-state index contributed by atoms with van der Waals surface area (Å²) in [7, 11) is 1.55. The molecule has 3 aromatic rings. The molecule has 0 spiro atoms. The number of allylic oxidation sites excluding steroid dienone is 1. The van der Waals surface area contributed by atoms with Crippen molar-refractivity contribution in [3.8, 4) is 5.75 Å². The largest absolute Gasteiger partial charge is 0.497 e. The van der Waals surface area contributed by atoms with Gasteiger partial charge >= 0.3 is 6.18 Å². The number of methoxy groups -OCH3 is 1. The lowest BCUT2D eigenvalue weighted by atomic mass is 9.95. The number of carbonyl (C=O) groups is 1. The summed E-state index contributed by atoms with van der Waals surface area (Å²) in [5.41, 5.74) is 0.773. The second-order valence-corrected chi connectivity index (χ2v) is 7.30. The zero-order valence-electron chi connectivity index (χ0n) is 17.5. The van der Waals surface area contributed by atoms with Gasteiger partial charge in [0.05, 0.1) is 18.2 Å². The van der Waals surface area contributed by atoms with E-state index in [1.165, 1.54) is 12.1 Å². The second-order valence-electron chi connectivity index (χ2n) is 7.30. The monoisotopic (exact) mass is 443 g/mol. The molecule has 10 heteroatoms. The Morgan fingerprint density at radius 2 is 1.88 bits per heavy atom. The van der Waals surface area contributed by atoms with E-state index < -0.39 is 23.7 Å². The van der Waals surface area contributed by atoms with Crippen molar-refractivity contribution in [2.75, 3.05) is 17.7 Å². The number of fused-ring (bicyclic) bond motifs is 1. The number of rotatable bonds is 4. The Kier molecular flexibility index (Phi) is 5.37. The van der Waals surface area contributed by atoms with Crippen LogP contribution in [0.5, 0.6) is 5.75 Å². The average Bonchev–Trinajstić information content (AvgIpc) is 3.11. The molecule has 0 bridgehead atoms. The summed E-state index contributed by atoms with van der Waals surface area (Å²) in [4.78, 5) is 17.6. The number of anilines is 2. The molecule has 0 saturated heterocycles. The number of aromatic nitrogens is 3. The van der Waals surface area contributed by atoms with Crippen LogP contribution in [0.1, 0.15) is 29.9 Å². The van der Waals surface area contributed by atoms with E-state index in [4.69, 9.17) is 4.74 Å². The zero-order valence-corrected chi connectivity index (χ0v) is 17.5. The van der Waals surface area contributed by atoms with Crippen LogP contribution in [-0.2, 0) is 11.0 Å². The molecule has 0 radical (unpaired) electrons. The first-order chi connectivity index (χ1) is 15.2. The highest BCUT2D eigenvalue weighted by Crippen LogP contribution is 2.36.